The summed E-state index contributed by atoms with van der Waals surface area (Å²) < 4.78 is 5.64. The zero-order valence-electron chi connectivity index (χ0n) is 16.3. The van der Waals surface area contributed by atoms with Crippen LogP contribution in [0.3, 0.4) is 0 Å². The number of rotatable bonds is 3. The van der Waals surface area contributed by atoms with Gasteiger partial charge in [0, 0.05) is 38.5 Å². The number of ether oxygens (including phenoxy) is 1. The fourth-order valence-corrected chi connectivity index (χ4v) is 4.91. The summed E-state index contributed by atoms with van der Waals surface area (Å²) in [6, 6.07) is 9.71. The van der Waals surface area contributed by atoms with Gasteiger partial charge < -0.3 is 15.5 Å². The lowest BCUT2D eigenvalue weighted by molar-refractivity contribution is 0.103. The number of carbonyl (C=O) groups excluding carboxylic acids is 1. The number of fused-ring (bicyclic) bond motifs is 4. The summed E-state index contributed by atoms with van der Waals surface area (Å²) >= 11 is 1.71. The Balaban J connectivity index is 2.00. The van der Waals surface area contributed by atoms with Crippen LogP contribution in [0.4, 0.5) is 5.69 Å². The first kappa shape index (κ1) is 18.0. The molecule has 0 fully saturated rings. The van der Waals surface area contributed by atoms with Gasteiger partial charge in [-0.25, -0.2) is 0 Å². The number of nitrogens with two attached hydrogens (primary N) is 1. The van der Waals surface area contributed by atoms with Crippen molar-refractivity contribution >= 4 is 34.1 Å². The van der Waals surface area contributed by atoms with E-state index in [-0.39, 0.29) is 11.2 Å². The van der Waals surface area contributed by atoms with E-state index in [1.807, 2.05) is 30.3 Å². The molecule has 0 radical (unpaired) electrons. The van der Waals surface area contributed by atoms with Crippen molar-refractivity contribution in [1.29, 1.82) is 0 Å². The Hall–Kier alpha value is -2.40. The van der Waals surface area contributed by atoms with Gasteiger partial charge in [-0.15, -0.1) is 11.8 Å². The van der Waals surface area contributed by atoms with Crippen molar-refractivity contribution in [3.05, 3.63) is 52.7 Å². The summed E-state index contributed by atoms with van der Waals surface area (Å²) in [4.78, 5) is 18.0. The number of aromatic nitrogens is 1. The van der Waals surface area contributed by atoms with Crippen LogP contribution >= 0.6 is 11.8 Å². The zero-order valence-corrected chi connectivity index (χ0v) is 17.1. The molecule has 0 amide bonds. The van der Waals surface area contributed by atoms with Crippen molar-refractivity contribution in [3.63, 3.8) is 0 Å². The van der Waals surface area contributed by atoms with E-state index in [1.165, 1.54) is 0 Å². The molecule has 140 valence electrons. The molecule has 0 saturated heterocycles. The van der Waals surface area contributed by atoms with Gasteiger partial charge in [0.15, 0.2) is 5.78 Å². The Labute approximate surface area is 163 Å². The van der Waals surface area contributed by atoms with Crippen LogP contribution in [0.2, 0.25) is 0 Å². The number of thioether (sulfide) groups is 1. The number of ketones is 1. The van der Waals surface area contributed by atoms with Gasteiger partial charge in [-0.2, -0.15) is 0 Å². The first-order valence-electron chi connectivity index (χ1n) is 9.09. The Morgan fingerprint density at radius 1 is 1.19 bits per heavy atom. The maximum atomic E-state index is 13.5. The van der Waals surface area contributed by atoms with Crippen LogP contribution in [0.25, 0.3) is 10.9 Å². The summed E-state index contributed by atoms with van der Waals surface area (Å²) in [5, 5.41) is 1.33. The molecule has 27 heavy (non-hydrogen) atoms. The minimum atomic E-state index is -0.347. The largest absolute Gasteiger partial charge is 0.496 e. The summed E-state index contributed by atoms with van der Waals surface area (Å²) in [7, 11) is 1.68. The Morgan fingerprint density at radius 2 is 1.93 bits per heavy atom. The van der Waals surface area contributed by atoms with Crippen LogP contribution in [0.5, 0.6) is 5.75 Å². The highest BCUT2D eigenvalue weighted by atomic mass is 32.2. The average molecular weight is 381 g/mol. The van der Waals surface area contributed by atoms with Crippen LogP contribution in [-0.2, 0) is 5.41 Å². The minimum absolute atomic E-state index is 0.0589. The third-order valence-electron chi connectivity index (χ3n) is 5.26. The summed E-state index contributed by atoms with van der Waals surface area (Å²) in [6.45, 7) is 8.56. The average Bonchev–Trinajstić information content (AvgIpc) is 2.98. The van der Waals surface area contributed by atoms with Crippen molar-refractivity contribution in [2.24, 2.45) is 0 Å². The molecule has 0 aliphatic heterocycles. The quantitative estimate of drug-likeness (QED) is 0.488. The van der Waals surface area contributed by atoms with Gasteiger partial charge in [-0.3, -0.25) is 4.79 Å². The van der Waals surface area contributed by atoms with Crippen molar-refractivity contribution in [2.45, 2.75) is 43.3 Å². The molecule has 1 aliphatic carbocycles. The Kier molecular flexibility index (Phi) is 4.04. The number of nitrogen functional groups attached to an aromatic ring is 1. The molecule has 0 atom stereocenters. The molecule has 3 aromatic rings. The number of nitrogens with one attached hydrogen (secondary N) is 1. The first-order chi connectivity index (χ1) is 12.7. The van der Waals surface area contributed by atoms with E-state index in [0.717, 1.165) is 43.9 Å². The van der Waals surface area contributed by atoms with Crippen molar-refractivity contribution in [2.75, 3.05) is 12.8 Å². The topological polar surface area (TPSA) is 68.1 Å². The minimum Gasteiger partial charge on any atom is -0.496 e. The molecule has 0 saturated carbocycles. The number of aromatic amines is 1. The van der Waals surface area contributed by atoms with Crippen molar-refractivity contribution in [3.8, 4) is 5.75 Å². The van der Waals surface area contributed by atoms with E-state index in [0.29, 0.717) is 10.9 Å². The molecule has 4 nitrogen and oxygen atoms in total. The van der Waals surface area contributed by atoms with Gasteiger partial charge in [0.25, 0.3) is 0 Å². The number of carbonyl (C=O) groups is 1. The molecular weight excluding hydrogens is 356 g/mol. The first-order valence-corrected chi connectivity index (χ1v) is 9.97. The van der Waals surface area contributed by atoms with Gasteiger partial charge in [0.1, 0.15) is 5.75 Å². The number of methoxy groups -OCH3 is 1. The Bertz CT molecular complexity index is 1080. The highest BCUT2D eigenvalue weighted by Crippen LogP contribution is 2.47. The lowest BCUT2D eigenvalue weighted by Gasteiger charge is -2.33. The van der Waals surface area contributed by atoms with E-state index < -0.39 is 0 Å². The number of H-pyrrole nitrogens is 1. The molecule has 1 aliphatic rings. The van der Waals surface area contributed by atoms with Crippen LogP contribution < -0.4 is 10.5 Å². The fourth-order valence-electron chi connectivity index (χ4n) is 3.96. The Morgan fingerprint density at radius 3 is 2.59 bits per heavy atom. The molecule has 3 N–H and O–H groups in total. The molecule has 1 heterocycles. The monoisotopic (exact) mass is 380 g/mol. The highest BCUT2D eigenvalue weighted by Gasteiger charge is 2.40. The van der Waals surface area contributed by atoms with Crippen LogP contribution in [0.15, 0.2) is 35.2 Å². The molecular formula is C22H24N2O2S. The molecule has 5 heteroatoms. The number of hydrogen-bond donors (Lipinski definition) is 2. The van der Waals surface area contributed by atoms with E-state index in [9.17, 15) is 4.79 Å². The second-order valence-electron chi connectivity index (χ2n) is 7.85. The van der Waals surface area contributed by atoms with Gasteiger partial charge in [0.2, 0.25) is 0 Å². The van der Waals surface area contributed by atoms with Crippen LogP contribution in [-0.4, -0.2) is 23.1 Å². The van der Waals surface area contributed by atoms with Crippen LogP contribution in [0, 0.1) is 0 Å². The standard InChI is InChI=1S/C22H24N2O2S/c1-11(2)27-18-9-14-15(10-17(18)26-5)22(3,4)21-19(20(14)25)13-7-6-12(23)8-16(13)24-21/h6-11,24H,23H2,1-5H3. The highest BCUT2D eigenvalue weighted by molar-refractivity contribution is 8.00. The summed E-state index contributed by atoms with van der Waals surface area (Å²) in [5.41, 5.74) is 10.6. The zero-order chi connectivity index (χ0) is 19.5. The molecule has 0 bridgehead atoms. The number of anilines is 1. The van der Waals surface area contributed by atoms with Crippen molar-refractivity contribution < 1.29 is 9.53 Å². The van der Waals surface area contributed by atoms with E-state index in [1.54, 1.807) is 18.9 Å². The smallest absolute Gasteiger partial charge is 0.195 e. The molecule has 0 spiro atoms. The second kappa shape index (κ2) is 6.06. The maximum absolute atomic E-state index is 13.5. The van der Waals surface area contributed by atoms with Crippen LogP contribution in [0.1, 0.15) is 54.9 Å². The SMILES string of the molecule is COc1cc2c(cc1SC(C)C)C(=O)c1c([nH]c3cc(N)ccc13)C2(C)C. The predicted octanol–water partition coefficient (Wildman–Crippen LogP) is 5.13. The van der Waals surface area contributed by atoms with E-state index in [4.69, 9.17) is 10.5 Å². The summed E-state index contributed by atoms with van der Waals surface area (Å²) in [6.07, 6.45) is 0. The molecule has 2 aromatic carbocycles. The van der Waals surface area contributed by atoms with Gasteiger partial charge in [-0.05, 0) is 29.8 Å². The fraction of sp³-hybridized carbons (Fsp3) is 0.318. The van der Waals surface area contributed by atoms with Gasteiger partial charge >= 0.3 is 0 Å². The predicted molar refractivity (Wildman–Crippen MR) is 112 cm³/mol. The third kappa shape index (κ3) is 2.64. The van der Waals surface area contributed by atoms with Crippen molar-refractivity contribution in [1.82, 2.24) is 4.98 Å². The maximum Gasteiger partial charge on any atom is 0.195 e. The lowest BCUT2D eigenvalue weighted by atomic mass is 9.71. The van der Waals surface area contributed by atoms with E-state index in [2.05, 4.69) is 32.7 Å². The molecule has 0 unspecified atom stereocenters. The second-order valence-corrected chi connectivity index (χ2v) is 9.47. The number of hydrogen-bond acceptors (Lipinski definition) is 4. The summed E-state index contributed by atoms with van der Waals surface area (Å²) in [5.74, 6) is 0.876. The van der Waals surface area contributed by atoms with E-state index >= 15 is 0 Å². The molecule has 1 aromatic heterocycles. The van der Waals surface area contributed by atoms with Gasteiger partial charge in [0.05, 0.1) is 17.6 Å². The third-order valence-corrected chi connectivity index (χ3v) is 6.30. The molecule has 4 rings (SSSR count). The lowest BCUT2D eigenvalue weighted by Crippen LogP contribution is -2.30. The van der Waals surface area contributed by atoms with Gasteiger partial charge in [-0.1, -0.05) is 33.8 Å². The normalized spacial score (nSPS) is 15.1. The number of benzene rings is 2.